The minimum Gasteiger partial charge on any atom is -0.493 e. The van der Waals surface area contributed by atoms with Crippen LogP contribution < -0.4 is 30.4 Å². The van der Waals surface area contributed by atoms with Crippen molar-refractivity contribution in [1.29, 1.82) is 0 Å². The van der Waals surface area contributed by atoms with Crippen molar-refractivity contribution in [3.8, 4) is 23.0 Å². The van der Waals surface area contributed by atoms with Gasteiger partial charge in [0.2, 0.25) is 0 Å². The lowest BCUT2D eigenvalue weighted by Crippen LogP contribution is -2.37. The average molecular weight is 399 g/mol. The third kappa shape index (κ3) is 3.49. The maximum absolute atomic E-state index is 13.3. The number of nitrogens with two attached hydrogens (primary N) is 2. The number of nitrogen functional groups attached to an aromatic ring is 1. The van der Waals surface area contributed by atoms with Gasteiger partial charge in [0.25, 0.3) is 5.91 Å². The second-order valence-corrected chi connectivity index (χ2v) is 6.42. The quantitative estimate of drug-likeness (QED) is 0.717. The molecule has 3 rings (SSSR count). The van der Waals surface area contributed by atoms with Gasteiger partial charge in [-0.2, -0.15) is 0 Å². The summed E-state index contributed by atoms with van der Waals surface area (Å²) in [5.74, 6) is 1.87. The Labute approximate surface area is 169 Å². The second-order valence-electron chi connectivity index (χ2n) is 6.42. The molecule has 0 radical (unpaired) electrons. The lowest BCUT2D eigenvalue weighted by atomic mass is 9.96. The maximum Gasteiger partial charge on any atom is 0.258 e. The lowest BCUT2D eigenvalue weighted by Gasteiger charge is -2.31. The fourth-order valence-corrected chi connectivity index (χ4v) is 3.48. The van der Waals surface area contributed by atoms with Crippen molar-refractivity contribution >= 4 is 17.3 Å². The van der Waals surface area contributed by atoms with Crippen molar-refractivity contribution in [2.45, 2.75) is 6.42 Å². The van der Waals surface area contributed by atoms with Gasteiger partial charge in [0.15, 0.2) is 23.0 Å². The zero-order valence-corrected chi connectivity index (χ0v) is 16.9. The predicted octanol–water partition coefficient (Wildman–Crippen LogP) is 2.26. The highest BCUT2D eigenvalue weighted by Crippen LogP contribution is 2.39. The van der Waals surface area contributed by atoms with Crippen molar-refractivity contribution in [1.82, 2.24) is 4.90 Å². The normalized spacial score (nSPS) is 13.7. The van der Waals surface area contributed by atoms with E-state index < -0.39 is 0 Å². The highest BCUT2D eigenvalue weighted by atomic mass is 16.5. The van der Waals surface area contributed by atoms with Crippen LogP contribution in [-0.4, -0.2) is 45.8 Å². The van der Waals surface area contributed by atoms with Crippen LogP contribution in [0, 0.1) is 0 Å². The number of hydrogen-bond donors (Lipinski definition) is 2. The molecule has 4 N–H and O–H groups in total. The Hall–Kier alpha value is -3.55. The van der Waals surface area contributed by atoms with E-state index in [1.807, 2.05) is 6.07 Å². The van der Waals surface area contributed by atoms with Crippen molar-refractivity contribution in [2.75, 3.05) is 40.7 Å². The van der Waals surface area contributed by atoms with E-state index in [1.54, 1.807) is 30.2 Å². The molecule has 1 aliphatic rings. The molecule has 0 aliphatic carbocycles. The van der Waals surface area contributed by atoms with E-state index in [1.165, 1.54) is 27.5 Å². The molecule has 0 saturated carbocycles. The van der Waals surface area contributed by atoms with E-state index in [0.29, 0.717) is 58.5 Å². The Morgan fingerprint density at radius 2 is 1.48 bits per heavy atom. The van der Waals surface area contributed by atoms with Crippen molar-refractivity contribution in [3.05, 3.63) is 47.2 Å². The number of ether oxygens (including phenoxy) is 4. The number of carbonyl (C=O) groups excluding carboxylic acids is 1. The molecule has 8 nitrogen and oxygen atoms in total. The summed E-state index contributed by atoms with van der Waals surface area (Å²) in [5.41, 5.74) is 15.1. The highest BCUT2D eigenvalue weighted by Gasteiger charge is 2.30. The molecule has 0 atom stereocenters. The summed E-state index contributed by atoms with van der Waals surface area (Å²) in [5, 5.41) is 0. The van der Waals surface area contributed by atoms with Crippen LogP contribution in [0.25, 0.3) is 5.70 Å². The van der Waals surface area contributed by atoms with Gasteiger partial charge in [0, 0.05) is 35.6 Å². The Balaban J connectivity index is 2.04. The van der Waals surface area contributed by atoms with Gasteiger partial charge >= 0.3 is 0 Å². The first-order chi connectivity index (χ1) is 14.0. The molecule has 0 fully saturated rings. The van der Waals surface area contributed by atoms with Gasteiger partial charge in [-0.05, 0) is 30.2 Å². The van der Waals surface area contributed by atoms with E-state index in [4.69, 9.17) is 30.4 Å². The summed E-state index contributed by atoms with van der Waals surface area (Å²) in [7, 11) is 6.16. The van der Waals surface area contributed by atoms with E-state index in [2.05, 4.69) is 0 Å². The molecule has 0 spiro atoms. The van der Waals surface area contributed by atoms with E-state index in [9.17, 15) is 4.79 Å². The zero-order chi connectivity index (χ0) is 21.1. The molecule has 0 aromatic heterocycles. The fraction of sp³-hybridized carbons (Fsp3) is 0.286. The highest BCUT2D eigenvalue weighted by molar-refractivity contribution is 6.03. The number of amides is 1. The number of rotatable bonds is 6. The largest absolute Gasteiger partial charge is 0.493 e. The van der Waals surface area contributed by atoms with Gasteiger partial charge in [-0.1, -0.05) is 0 Å². The Kier molecular flexibility index (Phi) is 5.72. The molecule has 29 heavy (non-hydrogen) atoms. The summed E-state index contributed by atoms with van der Waals surface area (Å²) in [4.78, 5) is 14.9. The first kappa shape index (κ1) is 20.2. The predicted molar refractivity (Wildman–Crippen MR) is 110 cm³/mol. The molecular formula is C21H25N3O5. The molecular weight excluding hydrogens is 374 g/mol. The molecule has 2 aromatic carbocycles. The average Bonchev–Trinajstić information content (AvgIpc) is 2.75. The van der Waals surface area contributed by atoms with Gasteiger partial charge in [0.05, 0.1) is 34.1 Å². The van der Waals surface area contributed by atoms with Crippen molar-refractivity contribution in [2.24, 2.45) is 5.73 Å². The minimum absolute atomic E-state index is 0.196. The Bertz CT molecular complexity index is 971. The SMILES string of the molecule is COc1cc(N)c(/C(=C\N)N2CCc3cc(OC)c(OC)cc3C2=O)cc1OC. The first-order valence-corrected chi connectivity index (χ1v) is 8.99. The number of hydrogen-bond acceptors (Lipinski definition) is 7. The standard InChI is InChI=1S/C21H25N3O5/c1-26-17-7-12-5-6-24(21(25)13(12)8-18(17)27-2)16(11-22)14-9-19(28-3)20(29-4)10-15(14)23/h7-11H,5-6,22-23H2,1-4H3/b16-11+. The van der Waals surface area contributed by atoms with Crippen molar-refractivity contribution < 1.29 is 23.7 Å². The summed E-state index contributed by atoms with van der Waals surface area (Å²) in [6.07, 6.45) is 2.01. The van der Waals surface area contributed by atoms with Gasteiger partial charge in [-0.3, -0.25) is 4.79 Å². The smallest absolute Gasteiger partial charge is 0.258 e. The van der Waals surface area contributed by atoms with Crippen LogP contribution >= 0.6 is 0 Å². The lowest BCUT2D eigenvalue weighted by molar-refractivity contribution is 0.0822. The summed E-state index contributed by atoms with van der Waals surface area (Å²) in [6.45, 7) is 0.443. The van der Waals surface area contributed by atoms with Gasteiger partial charge in [-0.15, -0.1) is 0 Å². The molecule has 8 heteroatoms. The monoisotopic (exact) mass is 399 g/mol. The summed E-state index contributed by atoms with van der Waals surface area (Å²) in [6, 6.07) is 6.88. The second kappa shape index (κ2) is 8.22. The molecule has 0 saturated heterocycles. The van der Waals surface area contributed by atoms with Crippen LogP contribution in [0.2, 0.25) is 0 Å². The number of nitrogens with zero attached hydrogens (tertiary/aromatic N) is 1. The fourth-order valence-electron chi connectivity index (χ4n) is 3.48. The molecule has 154 valence electrons. The van der Waals surface area contributed by atoms with E-state index in [-0.39, 0.29) is 5.91 Å². The van der Waals surface area contributed by atoms with Crippen LogP contribution in [0.3, 0.4) is 0 Å². The number of benzene rings is 2. The van der Waals surface area contributed by atoms with Crippen LogP contribution in [-0.2, 0) is 6.42 Å². The summed E-state index contributed by atoms with van der Waals surface area (Å²) < 4.78 is 21.3. The van der Waals surface area contributed by atoms with Crippen LogP contribution in [0.5, 0.6) is 23.0 Å². The third-order valence-electron chi connectivity index (χ3n) is 4.97. The molecule has 0 unspecified atom stereocenters. The van der Waals surface area contributed by atoms with Crippen LogP contribution in [0.4, 0.5) is 5.69 Å². The maximum atomic E-state index is 13.3. The van der Waals surface area contributed by atoms with E-state index in [0.717, 1.165) is 5.56 Å². The minimum atomic E-state index is -0.196. The first-order valence-electron chi connectivity index (χ1n) is 8.99. The van der Waals surface area contributed by atoms with Gasteiger partial charge in [-0.25, -0.2) is 0 Å². The number of anilines is 1. The van der Waals surface area contributed by atoms with Crippen LogP contribution in [0.1, 0.15) is 21.5 Å². The van der Waals surface area contributed by atoms with Gasteiger partial charge in [0.1, 0.15) is 0 Å². The van der Waals surface area contributed by atoms with E-state index >= 15 is 0 Å². The Morgan fingerprint density at radius 3 is 2.07 bits per heavy atom. The molecule has 1 heterocycles. The van der Waals surface area contributed by atoms with Crippen molar-refractivity contribution in [3.63, 3.8) is 0 Å². The topological polar surface area (TPSA) is 109 Å². The number of carbonyl (C=O) groups is 1. The molecule has 1 aliphatic heterocycles. The third-order valence-corrected chi connectivity index (χ3v) is 4.97. The number of methoxy groups -OCH3 is 4. The molecule has 0 bridgehead atoms. The molecule has 2 aromatic rings. The van der Waals surface area contributed by atoms with Crippen LogP contribution in [0.15, 0.2) is 30.5 Å². The number of fused-ring (bicyclic) bond motifs is 1. The summed E-state index contributed by atoms with van der Waals surface area (Å²) >= 11 is 0. The Morgan fingerprint density at radius 1 is 0.931 bits per heavy atom. The molecule has 1 amide bonds. The van der Waals surface area contributed by atoms with Gasteiger partial charge < -0.3 is 35.3 Å². The zero-order valence-electron chi connectivity index (χ0n) is 16.9.